The Kier molecular flexibility index (Phi) is 4.24. The van der Waals surface area contributed by atoms with Crippen LogP contribution in [0, 0.1) is 11.3 Å². The Hall–Kier alpha value is -0.370. The number of rotatable bonds is 4. The third-order valence-corrected chi connectivity index (χ3v) is 5.01. The lowest BCUT2D eigenvalue weighted by atomic mass is 9.71. The lowest BCUT2D eigenvalue weighted by Gasteiger charge is -2.39. The van der Waals surface area contributed by atoms with Gasteiger partial charge >= 0.3 is 0 Å². The van der Waals surface area contributed by atoms with E-state index in [1.165, 1.54) is 44.9 Å². The number of carbonyl (C=O) groups excluding carboxylic acids is 1. The molecule has 1 unspecified atom stereocenters. The second-order valence-electron chi connectivity index (χ2n) is 6.34. The van der Waals surface area contributed by atoms with Crippen molar-refractivity contribution in [3.05, 3.63) is 0 Å². The molecule has 1 atom stereocenters. The Balaban J connectivity index is 1.97. The van der Waals surface area contributed by atoms with E-state index in [1.807, 2.05) is 0 Å². The first-order valence-electron chi connectivity index (χ1n) is 7.39. The van der Waals surface area contributed by atoms with Crippen molar-refractivity contribution in [1.82, 2.24) is 4.90 Å². The van der Waals surface area contributed by atoms with Gasteiger partial charge in [0.1, 0.15) is 6.29 Å². The first-order chi connectivity index (χ1) is 8.19. The second kappa shape index (κ2) is 5.51. The first kappa shape index (κ1) is 13.1. The van der Waals surface area contributed by atoms with Crippen LogP contribution in [0.4, 0.5) is 0 Å². The van der Waals surface area contributed by atoms with Gasteiger partial charge in [0.15, 0.2) is 0 Å². The monoisotopic (exact) mass is 237 g/mol. The van der Waals surface area contributed by atoms with Gasteiger partial charge in [-0.2, -0.15) is 0 Å². The van der Waals surface area contributed by atoms with Gasteiger partial charge < -0.3 is 4.79 Å². The molecule has 2 aliphatic rings. The van der Waals surface area contributed by atoms with Crippen LogP contribution >= 0.6 is 0 Å². The number of carbonyl (C=O) groups is 1. The second-order valence-corrected chi connectivity index (χ2v) is 6.34. The lowest BCUT2D eigenvalue weighted by molar-refractivity contribution is -0.119. The molecule has 1 heterocycles. The van der Waals surface area contributed by atoms with E-state index in [4.69, 9.17) is 0 Å². The quantitative estimate of drug-likeness (QED) is 0.700. The summed E-state index contributed by atoms with van der Waals surface area (Å²) in [6.07, 6.45) is 9.89. The molecule has 1 saturated carbocycles. The molecule has 2 fully saturated rings. The molecule has 0 aromatic heterocycles. The maximum Gasteiger partial charge on any atom is 0.127 e. The minimum absolute atomic E-state index is 0.00965. The summed E-state index contributed by atoms with van der Waals surface area (Å²) in [5.41, 5.74) is -0.00965. The van der Waals surface area contributed by atoms with E-state index in [0.717, 1.165) is 31.3 Å². The molecule has 2 nitrogen and oxygen atoms in total. The van der Waals surface area contributed by atoms with E-state index >= 15 is 0 Å². The fourth-order valence-corrected chi connectivity index (χ4v) is 3.62. The third kappa shape index (κ3) is 2.90. The predicted molar refractivity (Wildman–Crippen MR) is 71.0 cm³/mol. The fourth-order valence-electron chi connectivity index (χ4n) is 3.62. The Morgan fingerprint density at radius 2 is 2.00 bits per heavy atom. The van der Waals surface area contributed by atoms with Crippen molar-refractivity contribution in [3.63, 3.8) is 0 Å². The van der Waals surface area contributed by atoms with Crippen molar-refractivity contribution < 1.29 is 4.79 Å². The Morgan fingerprint density at radius 3 is 2.59 bits per heavy atom. The summed E-state index contributed by atoms with van der Waals surface area (Å²) in [6.45, 7) is 6.84. The van der Waals surface area contributed by atoms with Gasteiger partial charge in [0.05, 0.1) is 0 Å². The Morgan fingerprint density at radius 1 is 1.29 bits per heavy atom. The standard InChI is InChI=1S/C15H27NO/c1-3-14-5-4-10-16(14)11-15(12-17)8-6-13(2)7-9-15/h12-14H,3-11H2,1-2H3. The smallest absolute Gasteiger partial charge is 0.127 e. The number of hydrogen-bond donors (Lipinski definition) is 0. The molecule has 0 amide bonds. The largest absolute Gasteiger partial charge is 0.303 e. The van der Waals surface area contributed by atoms with E-state index < -0.39 is 0 Å². The zero-order valence-electron chi connectivity index (χ0n) is 11.5. The summed E-state index contributed by atoms with van der Waals surface area (Å²) >= 11 is 0. The highest BCUT2D eigenvalue weighted by Crippen LogP contribution is 2.39. The third-order valence-electron chi connectivity index (χ3n) is 5.01. The van der Waals surface area contributed by atoms with Gasteiger partial charge in [0, 0.05) is 18.0 Å². The Bertz CT molecular complexity index is 256. The highest BCUT2D eigenvalue weighted by molar-refractivity contribution is 5.60. The SMILES string of the molecule is CCC1CCCN1CC1(C=O)CCC(C)CC1. The van der Waals surface area contributed by atoms with E-state index in [9.17, 15) is 4.79 Å². The van der Waals surface area contributed by atoms with Gasteiger partial charge in [-0.3, -0.25) is 4.90 Å². The van der Waals surface area contributed by atoms with Crippen molar-refractivity contribution in [1.29, 1.82) is 0 Å². The van der Waals surface area contributed by atoms with Gasteiger partial charge in [-0.05, 0) is 57.4 Å². The van der Waals surface area contributed by atoms with Crippen LogP contribution in [-0.2, 0) is 4.79 Å². The highest BCUT2D eigenvalue weighted by atomic mass is 16.1. The molecule has 0 N–H and O–H groups in total. The van der Waals surface area contributed by atoms with Crippen LogP contribution in [0.15, 0.2) is 0 Å². The number of hydrogen-bond acceptors (Lipinski definition) is 2. The normalized spacial score (nSPS) is 39.4. The molecular formula is C15H27NO. The molecule has 98 valence electrons. The molecular weight excluding hydrogens is 210 g/mol. The maximum absolute atomic E-state index is 11.5. The number of aldehydes is 1. The number of likely N-dealkylation sites (tertiary alicyclic amines) is 1. The zero-order valence-corrected chi connectivity index (χ0v) is 11.5. The van der Waals surface area contributed by atoms with Crippen molar-refractivity contribution in [2.45, 2.75) is 64.8 Å². The van der Waals surface area contributed by atoms with E-state index in [0.29, 0.717) is 0 Å². The van der Waals surface area contributed by atoms with Crippen LogP contribution in [0.1, 0.15) is 58.8 Å². The van der Waals surface area contributed by atoms with E-state index in [2.05, 4.69) is 18.7 Å². The molecule has 1 saturated heterocycles. The molecule has 2 heteroatoms. The first-order valence-corrected chi connectivity index (χ1v) is 7.39. The summed E-state index contributed by atoms with van der Waals surface area (Å²) in [7, 11) is 0. The Labute approximate surface area is 106 Å². The molecule has 0 spiro atoms. The number of nitrogens with zero attached hydrogens (tertiary/aromatic N) is 1. The summed E-state index contributed by atoms with van der Waals surface area (Å²) in [5, 5.41) is 0. The van der Waals surface area contributed by atoms with Gasteiger partial charge in [-0.15, -0.1) is 0 Å². The van der Waals surface area contributed by atoms with E-state index in [-0.39, 0.29) is 5.41 Å². The molecule has 0 bridgehead atoms. The van der Waals surface area contributed by atoms with Gasteiger partial charge in [0.25, 0.3) is 0 Å². The summed E-state index contributed by atoms with van der Waals surface area (Å²) < 4.78 is 0. The molecule has 2 rings (SSSR count). The zero-order chi connectivity index (χ0) is 12.3. The molecule has 17 heavy (non-hydrogen) atoms. The highest BCUT2D eigenvalue weighted by Gasteiger charge is 2.37. The van der Waals surface area contributed by atoms with Crippen LogP contribution in [0.2, 0.25) is 0 Å². The average molecular weight is 237 g/mol. The summed E-state index contributed by atoms with van der Waals surface area (Å²) in [5.74, 6) is 0.823. The summed E-state index contributed by atoms with van der Waals surface area (Å²) in [4.78, 5) is 14.1. The molecule has 1 aliphatic carbocycles. The maximum atomic E-state index is 11.5. The van der Waals surface area contributed by atoms with Crippen LogP contribution in [0.3, 0.4) is 0 Å². The van der Waals surface area contributed by atoms with Crippen LogP contribution in [-0.4, -0.2) is 30.3 Å². The fraction of sp³-hybridized carbons (Fsp3) is 0.933. The minimum atomic E-state index is -0.00965. The van der Waals surface area contributed by atoms with Crippen molar-refractivity contribution in [2.24, 2.45) is 11.3 Å². The topological polar surface area (TPSA) is 20.3 Å². The van der Waals surface area contributed by atoms with Gasteiger partial charge in [0.2, 0.25) is 0 Å². The molecule has 1 aliphatic heterocycles. The molecule has 0 aromatic carbocycles. The summed E-state index contributed by atoms with van der Waals surface area (Å²) in [6, 6.07) is 0.742. The van der Waals surface area contributed by atoms with Gasteiger partial charge in [-0.1, -0.05) is 13.8 Å². The van der Waals surface area contributed by atoms with Crippen LogP contribution in [0.5, 0.6) is 0 Å². The van der Waals surface area contributed by atoms with E-state index in [1.54, 1.807) is 0 Å². The van der Waals surface area contributed by atoms with Gasteiger partial charge in [-0.25, -0.2) is 0 Å². The average Bonchev–Trinajstić information content (AvgIpc) is 2.79. The van der Waals surface area contributed by atoms with Crippen LogP contribution in [0.25, 0.3) is 0 Å². The lowest BCUT2D eigenvalue weighted by Crippen LogP contribution is -2.43. The van der Waals surface area contributed by atoms with Crippen molar-refractivity contribution >= 4 is 6.29 Å². The van der Waals surface area contributed by atoms with Crippen molar-refractivity contribution in [3.8, 4) is 0 Å². The van der Waals surface area contributed by atoms with Crippen molar-refractivity contribution in [2.75, 3.05) is 13.1 Å². The van der Waals surface area contributed by atoms with Crippen LogP contribution < -0.4 is 0 Å². The molecule has 0 aromatic rings. The molecule has 0 radical (unpaired) electrons. The minimum Gasteiger partial charge on any atom is -0.303 e. The predicted octanol–water partition coefficient (Wildman–Crippen LogP) is 3.26.